The number of hydrogen-bond donors (Lipinski definition) is 0. The number of hydrogen-bond acceptors (Lipinski definition) is 4. The van der Waals surface area contributed by atoms with E-state index in [1.54, 1.807) is 0 Å². The van der Waals surface area contributed by atoms with Crippen LogP contribution in [0.25, 0.3) is 22.3 Å². The minimum atomic E-state index is -0.199. The van der Waals surface area contributed by atoms with Crippen molar-refractivity contribution in [1.82, 2.24) is 0 Å². The van der Waals surface area contributed by atoms with E-state index < -0.39 is 0 Å². The summed E-state index contributed by atoms with van der Waals surface area (Å²) in [6, 6.07) is 75.0. The molecule has 0 saturated heterocycles. The van der Waals surface area contributed by atoms with Crippen LogP contribution in [0.15, 0.2) is 188 Å². The molecule has 4 unspecified atom stereocenters. The van der Waals surface area contributed by atoms with Gasteiger partial charge in [-0.15, -0.1) is 0 Å². The van der Waals surface area contributed by atoms with Gasteiger partial charge in [0.2, 0.25) is 0 Å². The fourth-order valence-electron chi connectivity index (χ4n) is 17.9. The monoisotopic (exact) mass is 1190 g/mol. The summed E-state index contributed by atoms with van der Waals surface area (Å²) in [6.07, 6.45) is 9.43. The number of fused-ring (bicyclic) bond motifs is 10. The molecule has 2 fully saturated rings. The predicted molar refractivity (Wildman–Crippen MR) is 392 cm³/mol. The van der Waals surface area contributed by atoms with Gasteiger partial charge in [-0.3, -0.25) is 0 Å². The molecule has 91 heavy (non-hydrogen) atoms. The maximum atomic E-state index is 2.86. The Morgan fingerprint density at radius 1 is 0.319 bits per heavy atom. The van der Waals surface area contributed by atoms with Crippen LogP contribution in [0.4, 0.5) is 56.9 Å². The summed E-state index contributed by atoms with van der Waals surface area (Å²) in [4.78, 5) is 11.1. The van der Waals surface area contributed by atoms with Crippen molar-refractivity contribution in [3.63, 3.8) is 0 Å². The molecule has 0 spiro atoms. The molecule has 5 heteroatoms. The lowest BCUT2D eigenvalue weighted by molar-refractivity contribution is 0.195. The SMILES string of the molecule is CC(C)(C)c1ccc(N2c3cc(N4c5ccc(-c6ccccc6)cc5C5(C)CCCCC45C)ccc3B3c4ccc(C(C)(C)C)cc4N(c4ccc(C(C)(C)C)cc4-c4ccccc4)c4cc(N5c6ccc(C(C)(C)C)cc6C6(C)CCCCC56C)cc2c43)cc1. The van der Waals surface area contributed by atoms with Crippen molar-refractivity contribution in [1.29, 1.82) is 0 Å². The summed E-state index contributed by atoms with van der Waals surface area (Å²) in [6.45, 7) is 38.8. The van der Waals surface area contributed by atoms with Gasteiger partial charge in [-0.25, -0.2) is 0 Å². The highest BCUT2D eigenvalue weighted by molar-refractivity contribution is 7.00. The fraction of sp³-hybridized carbons (Fsp3) is 0.372. The number of nitrogens with zero attached hydrogens (tertiary/aromatic N) is 4. The molecule has 6 aliphatic rings. The average Bonchev–Trinajstić information content (AvgIpc) is 1.68. The first-order valence-electron chi connectivity index (χ1n) is 34.5. The van der Waals surface area contributed by atoms with E-state index in [0.717, 1.165) is 25.7 Å². The van der Waals surface area contributed by atoms with Crippen molar-refractivity contribution in [2.75, 3.05) is 19.6 Å². The molecule has 462 valence electrons. The minimum Gasteiger partial charge on any atom is -0.334 e. The second-order valence-corrected chi connectivity index (χ2v) is 33.3. The molecule has 2 aliphatic carbocycles. The van der Waals surface area contributed by atoms with Gasteiger partial charge in [0.15, 0.2) is 0 Å². The zero-order chi connectivity index (χ0) is 63.7. The molecule has 4 aliphatic heterocycles. The van der Waals surface area contributed by atoms with Crippen LogP contribution in [0, 0.1) is 0 Å². The Kier molecular flexibility index (Phi) is 13.3. The van der Waals surface area contributed by atoms with Gasteiger partial charge in [0.05, 0.1) is 16.8 Å². The Bertz CT molecular complexity index is 4380. The largest absolute Gasteiger partial charge is 0.334 e. The van der Waals surface area contributed by atoms with E-state index in [-0.39, 0.29) is 50.3 Å². The lowest BCUT2D eigenvalue weighted by atomic mass is 9.33. The summed E-state index contributed by atoms with van der Waals surface area (Å²) in [7, 11) is 0. The summed E-state index contributed by atoms with van der Waals surface area (Å²) in [5.74, 6) is 0. The van der Waals surface area contributed by atoms with E-state index >= 15 is 0 Å². The van der Waals surface area contributed by atoms with E-state index in [1.807, 2.05) is 0 Å². The van der Waals surface area contributed by atoms with Crippen molar-refractivity contribution < 1.29 is 0 Å². The molecule has 0 aromatic heterocycles. The second kappa shape index (κ2) is 20.4. The van der Waals surface area contributed by atoms with E-state index in [1.165, 1.54) is 155 Å². The van der Waals surface area contributed by atoms with Crippen LogP contribution < -0.4 is 36.0 Å². The number of rotatable bonds is 6. The maximum absolute atomic E-state index is 2.86. The molecule has 0 bridgehead atoms. The van der Waals surface area contributed by atoms with Crippen molar-refractivity contribution >= 4 is 80.0 Å². The molecule has 2 saturated carbocycles. The summed E-state index contributed by atoms with van der Waals surface area (Å²) in [5.41, 5.74) is 29.4. The Balaban J connectivity index is 1.06. The van der Waals surface area contributed by atoms with Crippen LogP contribution in [-0.4, -0.2) is 17.8 Å². The van der Waals surface area contributed by atoms with Gasteiger partial charge in [0.25, 0.3) is 6.71 Å². The maximum Gasteiger partial charge on any atom is 0.252 e. The Hall–Kier alpha value is -7.76. The van der Waals surface area contributed by atoms with E-state index in [4.69, 9.17) is 0 Å². The van der Waals surface area contributed by atoms with E-state index in [2.05, 4.69) is 318 Å². The van der Waals surface area contributed by atoms with Crippen molar-refractivity contribution in [2.24, 2.45) is 0 Å². The quantitative estimate of drug-likeness (QED) is 0.154. The lowest BCUT2D eigenvalue weighted by Gasteiger charge is -2.51. The molecule has 4 atom stereocenters. The third-order valence-corrected chi connectivity index (χ3v) is 23.8. The minimum absolute atomic E-state index is 0.0121. The van der Waals surface area contributed by atoms with Crippen LogP contribution >= 0.6 is 0 Å². The van der Waals surface area contributed by atoms with Gasteiger partial charge < -0.3 is 19.6 Å². The zero-order valence-electron chi connectivity index (χ0n) is 57.4. The molecule has 0 radical (unpaired) electrons. The third-order valence-electron chi connectivity index (χ3n) is 23.8. The molecule has 9 aromatic rings. The zero-order valence-corrected chi connectivity index (χ0v) is 57.4. The standard InChI is InChI=1S/C86H95BN4/c1-79(2,3)59-32-37-63(38-33-59)88-75-53-64(90-72-42-31-58(56-27-19-17-20-28-56)49-67(72)83(13)45-23-25-47-85(83,90)15)39-41-70(75)87-69-40-34-62(82(10,11)12)52-74(69)89(71-43-35-60(80(4,5)6)50-66(71)57-29-21-18-22-30-57)77-55-65(54-76(88)78(77)87)91-73-44-36-61(81(7,8)9)51-68(73)84(14)46-24-26-48-86(84,91)16/h17-22,27-44,49-55H,23-26,45-48H2,1-16H3. The molecular weight excluding hydrogens is 1100 g/mol. The van der Waals surface area contributed by atoms with E-state index in [9.17, 15) is 0 Å². The fourth-order valence-corrected chi connectivity index (χ4v) is 17.9. The number of benzene rings is 9. The Morgan fingerprint density at radius 2 is 0.747 bits per heavy atom. The second-order valence-electron chi connectivity index (χ2n) is 33.3. The smallest absolute Gasteiger partial charge is 0.252 e. The Morgan fingerprint density at radius 3 is 1.33 bits per heavy atom. The molecule has 0 N–H and O–H groups in total. The van der Waals surface area contributed by atoms with Crippen LogP contribution in [0.3, 0.4) is 0 Å². The van der Waals surface area contributed by atoms with Crippen LogP contribution in [0.1, 0.15) is 196 Å². The molecule has 15 rings (SSSR count). The van der Waals surface area contributed by atoms with Gasteiger partial charge >= 0.3 is 0 Å². The van der Waals surface area contributed by atoms with Gasteiger partial charge in [-0.2, -0.15) is 0 Å². The highest BCUT2D eigenvalue weighted by atomic mass is 15.3. The first kappa shape index (κ1) is 59.5. The first-order valence-corrected chi connectivity index (χ1v) is 34.5. The van der Waals surface area contributed by atoms with Crippen molar-refractivity contribution in [3.8, 4) is 22.3 Å². The van der Waals surface area contributed by atoms with Gasteiger partial charge in [-0.05, 0) is 200 Å². The summed E-state index contributed by atoms with van der Waals surface area (Å²) >= 11 is 0. The van der Waals surface area contributed by atoms with Crippen molar-refractivity contribution in [3.05, 3.63) is 221 Å². The molecular formula is C86H95BN4. The van der Waals surface area contributed by atoms with E-state index in [0.29, 0.717) is 0 Å². The third kappa shape index (κ3) is 8.95. The summed E-state index contributed by atoms with van der Waals surface area (Å²) in [5, 5.41) is 0. The van der Waals surface area contributed by atoms with Crippen molar-refractivity contribution in [2.45, 2.75) is 206 Å². The summed E-state index contributed by atoms with van der Waals surface area (Å²) < 4.78 is 0. The van der Waals surface area contributed by atoms with Crippen LogP contribution in [0.2, 0.25) is 0 Å². The molecule has 9 aromatic carbocycles. The Labute approximate surface area is 545 Å². The normalized spacial score (nSPS) is 22.4. The van der Waals surface area contributed by atoms with Gasteiger partial charge in [0, 0.05) is 67.6 Å². The van der Waals surface area contributed by atoms with Gasteiger partial charge in [0.1, 0.15) is 0 Å². The highest BCUT2D eigenvalue weighted by Crippen LogP contribution is 2.64. The lowest BCUT2D eigenvalue weighted by Crippen LogP contribution is -2.61. The number of anilines is 10. The molecule has 4 nitrogen and oxygen atoms in total. The average molecular weight is 1200 g/mol. The van der Waals surface area contributed by atoms with Gasteiger partial charge in [-0.1, -0.05) is 238 Å². The first-order chi connectivity index (χ1) is 43.1. The predicted octanol–water partition coefficient (Wildman–Crippen LogP) is 21.8. The topological polar surface area (TPSA) is 13.0 Å². The molecule has 4 heterocycles. The molecule has 0 amide bonds. The highest BCUT2D eigenvalue weighted by Gasteiger charge is 2.60. The van der Waals surface area contributed by atoms with Crippen LogP contribution in [0.5, 0.6) is 0 Å². The van der Waals surface area contributed by atoms with Crippen LogP contribution in [-0.2, 0) is 32.5 Å².